The Morgan fingerprint density at radius 2 is 1.67 bits per heavy atom. The molecule has 0 spiro atoms. The third-order valence-electron chi connectivity index (χ3n) is 6.05. The summed E-state index contributed by atoms with van der Waals surface area (Å²) in [5.74, 6) is 1.04. The van der Waals surface area contributed by atoms with Gasteiger partial charge in [0.25, 0.3) is 0 Å². The molecule has 0 radical (unpaired) electrons. The van der Waals surface area contributed by atoms with E-state index in [1.54, 1.807) is 18.3 Å². The maximum atomic E-state index is 13.4. The number of nitrogens with zero attached hydrogens (tertiary/aromatic N) is 5. The number of nitrogens with one attached hydrogen (secondary N) is 1. The van der Waals surface area contributed by atoms with E-state index in [-0.39, 0.29) is 24.8 Å². The van der Waals surface area contributed by atoms with Gasteiger partial charge in [0, 0.05) is 37.0 Å². The first-order valence-electron chi connectivity index (χ1n) is 12.0. The Kier molecular flexibility index (Phi) is 10.4. The molecule has 0 unspecified atom stereocenters. The van der Waals surface area contributed by atoms with Gasteiger partial charge in [0.05, 0.1) is 24.5 Å². The second kappa shape index (κ2) is 13.5. The maximum Gasteiger partial charge on any atom is 0.416 e. The molecule has 0 aliphatic carbocycles. The van der Waals surface area contributed by atoms with E-state index in [1.807, 2.05) is 29.2 Å². The summed E-state index contributed by atoms with van der Waals surface area (Å²) in [5.41, 5.74) is 2.17. The minimum Gasteiger partial charge on any atom is -0.378 e. The molecule has 39 heavy (non-hydrogen) atoms. The monoisotopic (exact) mass is 578 g/mol. The SMILES string of the molecule is Cl.Cl.FC(F)(F)c1cccc(-c2nnc(N3CCOCC3)cc2-c2ccnc(NCCc3ccccc3)n2)c1. The average molecular weight is 579 g/mol. The van der Waals surface area contributed by atoms with Crippen molar-refractivity contribution >= 4 is 36.6 Å². The molecule has 5 rings (SSSR count). The van der Waals surface area contributed by atoms with Crippen molar-refractivity contribution < 1.29 is 17.9 Å². The topological polar surface area (TPSA) is 76.1 Å². The lowest BCUT2D eigenvalue weighted by atomic mass is 10.0. The summed E-state index contributed by atoms with van der Waals surface area (Å²) in [6.45, 7) is 3.05. The second-order valence-electron chi connectivity index (χ2n) is 8.57. The summed E-state index contributed by atoms with van der Waals surface area (Å²) in [6, 6.07) is 18.7. The van der Waals surface area contributed by atoms with E-state index < -0.39 is 11.7 Å². The largest absolute Gasteiger partial charge is 0.416 e. The van der Waals surface area contributed by atoms with E-state index in [4.69, 9.17) is 4.74 Å². The van der Waals surface area contributed by atoms with Crippen molar-refractivity contribution in [2.24, 2.45) is 0 Å². The lowest BCUT2D eigenvalue weighted by Gasteiger charge is -2.27. The van der Waals surface area contributed by atoms with E-state index in [0.717, 1.165) is 18.6 Å². The zero-order valence-corrected chi connectivity index (χ0v) is 22.4. The number of hydrogen-bond acceptors (Lipinski definition) is 7. The van der Waals surface area contributed by atoms with Crippen LogP contribution in [-0.4, -0.2) is 53.0 Å². The van der Waals surface area contributed by atoms with Crippen LogP contribution in [0.15, 0.2) is 72.9 Å². The summed E-state index contributed by atoms with van der Waals surface area (Å²) in [4.78, 5) is 11.0. The fourth-order valence-corrected chi connectivity index (χ4v) is 4.14. The number of benzene rings is 2. The highest BCUT2D eigenvalue weighted by Gasteiger charge is 2.31. The predicted molar refractivity (Wildman–Crippen MR) is 150 cm³/mol. The molecule has 4 aromatic rings. The molecular formula is C27H27Cl2F3N6O. The van der Waals surface area contributed by atoms with Crippen molar-refractivity contribution in [1.29, 1.82) is 0 Å². The molecule has 1 fully saturated rings. The minimum absolute atomic E-state index is 0. The number of rotatable bonds is 7. The molecule has 2 aromatic heterocycles. The molecule has 1 saturated heterocycles. The summed E-state index contributed by atoms with van der Waals surface area (Å²) < 4.78 is 45.7. The molecule has 1 aliphatic heterocycles. The molecule has 2 aromatic carbocycles. The van der Waals surface area contributed by atoms with E-state index in [9.17, 15) is 13.2 Å². The zero-order chi connectivity index (χ0) is 25.7. The van der Waals surface area contributed by atoms with Crippen molar-refractivity contribution in [3.63, 3.8) is 0 Å². The Balaban J connectivity index is 0.00000210. The Hall–Kier alpha value is -3.47. The van der Waals surface area contributed by atoms with Gasteiger partial charge >= 0.3 is 6.18 Å². The van der Waals surface area contributed by atoms with Gasteiger partial charge in [-0.1, -0.05) is 42.5 Å². The zero-order valence-electron chi connectivity index (χ0n) is 20.8. The predicted octanol–water partition coefficient (Wildman–Crippen LogP) is 5.95. The van der Waals surface area contributed by atoms with Crippen LogP contribution in [0.2, 0.25) is 0 Å². The lowest BCUT2D eigenvalue weighted by molar-refractivity contribution is -0.137. The standard InChI is InChI=1S/C27H25F3N6O.2ClH/c28-27(29,30)21-8-4-7-20(17-21)25-22(18-24(34-35-25)36-13-15-37-16-14-36)23-10-12-32-26(33-23)31-11-9-19-5-2-1-3-6-19;;/h1-8,10,12,17-18H,9,11,13-16H2,(H,31,32,33);2*1H. The average Bonchev–Trinajstić information content (AvgIpc) is 2.94. The fraction of sp³-hybridized carbons (Fsp3) is 0.259. The first-order valence-corrected chi connectivity index (χ1v) is 12.0. The molecule has 7 nitrogen and oxygen atoms in total. The molecule has 0 saturated carbocycles. The van der Waals surface area contributed by atoms with Crippen LogP contribution in [0, 0.1) is 0 Å². The fourth-order valence-electron chi connectivity index (χ4n) is 4.14. The maximum absolute atomic E-state index is 13.4. The van der Waals surface area contributed by atoms with E-state index in [0.29, 0.717) is 67.1 Å². The Labute approximate surface area is 236 Å². The van der Waals surface area contributed by atoms with Crippen LogP contribution in [-0.2, 0) is 17.3 Å². The number of anilines is 2. The number of aromatic nitrogens is 4. The van der Waals surface area contributed by atoms with Crippen molar-refractivity contribution in [2.75, 3.05) is 43.1 Å². The Morgan fingerprint density at radius 3 is 2.41 bits per heavy atom. The van der Waals surface area contributed by atoms with E-state index >= 15 is 0 Å². The second-order valence-corrected chi connectivity index (χ2v) is 8.57. The van der Waals surface area contributed by atoms with Gasteiger partial charge in [0.1, 0.15) is 5.69 Å². The van der Waals surface area contributed by atoms with Crippen LogP contribution < -0.4 is 10.2 Å². The van der Waals surface area contributed by atoms with Crippen molar-refractivity contribution in [3.05, 3.63) is 84.1 Å². The summed E-state index contributed by atoms with van der Waals surface area (Å²) in [6.07, 6.45) is -2.05. The van der Waals surface area contributed by atoms with Crippen LogP contribution in [0.25, 0.3) is 22.5 Å². The van der Waals surface area contributed by atoms with Gasteiger partial charge in [-0.15, -0.1) is 35.0 Å². The molecule has 206 valence electrons. The Bertz CT molecular complexity index is 1350. The van der Waals surface area contributed by atoms with Crippen LogP contribution in [0.4, 0.5) is 24.9 Å². The lowest BCUT2D eigenvalue weighted by Crippen LogP contribution is -2.36. The van der Waals surface area contributed by atoms with Crippen molar-refractivity contribution in [3.8, 4) is 22.5 Å². The summed E-state index contributed by atoms with van der Waals surface area (Å²) >= 11 is 0. The van der Waals surface area contributed by atoms with Gasteiger partial charge in [0.2, 0.25) is 5.95 Å². The highest BCUT2D eigenvalue weighted by Crippen LogP contribution is 2.35. The number of hydrogen-bond donors (Lipinski definition) is 1. The molecule has 1 N–H and O–H groups in total. The van der Waals surface area contributed by atoms with Crippen LogP contribution in [0.3, 0.4) is 0 Å². The molecule has 0 amide bonds. The third-order valence-corrected chi connectivity index (χ3v) is 6.05. The Morgan fingerprint density at radius 1 is 0.897 bits per heavy atom. The highest BCUT2D eigenvalue weighted by atomic mass is 35.5. The van der Waals surface area contributed by atoms with Crippen LogP contribution >= 0.6 is 24.8 Å². The van der Waals surface area contributed by atoms with Crippen molar-refractivity contribution in [1.82, 2.24) is 20.2 Å². The molecular weight excluding hydrogens is 552 g/mol. The van der Waals surface area contributed by atoms with Gasteiger partial charge in [-0.2, -0.15) is 13.2 Å². The highest BCUT2D eigenvalue weighted by molar-refractivity contribution is 5.85. The first kappa shape index (κ1) is 30.1. The molecule has 0 atom stereocenters. The summed E-state index contributed by atoms with van der Waals surface area (Å²) in [7, 11) is 0. The normalized spacial score (nSPS) is 13.3. The van der Waals surface area contributed by atoms with Gasteiger partial charge in [-0.05, 0) is 36.2 Å². The van der Waals surface area contributed by atoms with Gasteiger partial charge in [0.15, 0.2) is 5.82 Å². The van der Waals surface area contributed by atoms with Gasteiger partial charge in [-0.3, -0.25) is 0 Å². The third kappa shape index (κ3) is 7.56. The van der Waals surface area contributed by atoms with Gasteiger partial charge < -0.3 is 15.0 Å². The molecule has 0 bridgehead atoms. The van der Waals surface area contributed by atoms with Crippen molar-refractivity contribution in [2.45, 2.75) is 12.6 Å². The van der Waals surface area contributed by atoms with Crippen LogP contribution in [0.5, 0.6) is 0 Å². The number of morpholine rings is 1. The smallest absolute Gasteiger partial charge is 0.378 e. The molecule has 3 heterocycles. The van der Waals surface area contributed by atoms with Gasteiger partial charge in [-0.25, -0.2) is 9.97 Å². The first-order chi connectivity index (χ1) is 18.0. The van der Waals surface area contributed by atoms with E-state index in [2.05, 4.69) is 37.6 Å². The molecule has 12 heteroatoms. The number of alkyl halides is 3. The number of ether oxygens (including phenoxy) is 1. The van der Waals surface area contributed by atoms with E-state index in [1.165, 1.54) is 11.6 Å². The quantitative estimate of drug-likeness (QED) is 0.290. The van der Waals surface area contributed by atoms with Crippen LogP contribution in [0.1, 0.15) is 11.1 Å². The summed E-state index contributed by atoms with van der Waals surface area (Å²) in [5, 5.41) is 12.0. The number of halogens is 5. The minimum atomic E-state index is -4.47. The molecule has 1 aliphatic rings.